The Kier molecular flexibility index (Phi) is 10.1. The highest BCUT2D eigenvalue weighted by Gasteiger charge is 2.24. The molecular weight excluding hydrogens is 468 g/mol. The minimum absolute atomic E-state index is 0.392. The molecule has 2 fully saturated rings. The number of benzene rings is 1. The Morgan fingerprint density at radius 2 is 1.73 bits per heavy atom. The zero-order chi connectivity index (χ0) is 26.2. The van der Waals surface area contributed by atoms with Crippen LogP contribution in [0.25, 0.3) is 10.9 Å². The predicted octanol–water partition coefficient (Wildman–Crippen LogP) is 3.87. The molecular formula is C28H46N6O3. The molecule has 1 N–H and O–H groups in total. The average molecular weight is 515 g/mol. The van der Waals surface area contributed by atoms with E-state index < -0.39 is 0 Å². The van der Waals surface area contributed by atoms with Gasteiger partial charge in [-0.15, -0.1) is 0 Å². The first kappa shape index (κ1) is 27.7. The molecule has 2 saturated heterocycles. The zero-order valence-electron chi connectivity index (χ0n) is 23.5. The molecule has 9 heteroatoms. The molecule has 0 atom stereocenters. The van der Waals surface area contributed by atoms with E-state index in [2.05, 4.69) is 33.9 Å². The van der Waals surface area contributed by atoms with Crippen LogP contribution < -0.4 is 19.7 Å². The minimum atomic E-state index is 0.392. The van der Waals surface area contributed by atoms with Crippen molar-refractivity contribution < 1.29 is 14.2 Å². The molecule has 4 rings (SSSR count). The second kappa shape index (κ2) is 13.4. The lowest BCUT2D eigenvalue weighted by Gasteiger charge is -2.35. The Hall–Kier alpha value is -2.36. The number of methoxy groups -OCH3 is 1. The molecule has 206 valence electrons. The molecule has 3 heterocycles. The lowest BCUT2D eigenvalue weighted by Crippen LogP contribution is -2.42. The van der Waals surface area contributed by atoms with Gasteiger partial charge in [0.2, 0.25) is 5.95 Å². The Balaban J connectivity index is 1.55. The quantitative estimate of drug-likeness (QED) is 0.425. The van der Waals surface area contributed by atoms with Crippen molar-refractivity contribution in [3.63, 3.8) is 0 Å². The maximum Gasteiger partial charge on any atom is 0.227 e. The maximum atomic E-state index is 6.09. The van der Waals surface area contributed by atoms with Crippen LogP contribution in [0.4, 0.5) is 11.8 Å². The van der Waals surface area contributed by atoms with Gasteiger partial charge >= 0.3 is 0 Å². The van der Waals surface area contributed by atoms with Crippen molar-refractivity contribution in [2.24, 2.45) is 0 Å². The SMILES string of the molecule is COc1cc2c(NC3CCN(C(C)C)CC3)nc(N3CCCCC3)nc2cc1OCCOCCN(C)C. The van der Waals surface area contributed by atoms with Crippen LogP contribution in [0.1, 0.15) is 46.0 Å². The van der Waals surface area contributed by atoms with Crippen LogP contribution >= 0.6 is 0 Å². The number of fused-ring (bicyclic) bond motifs is 1. The number of nitrogens with one attached hydrogen (secondary N) is 1. The average Bonchev–Trinajstić information content (AvgIpc) is 2.90. The second-order valence-electron chi connectivity index (χ2n) is 10.8. The maximum absolute atomic E-state index is 6.09. The van der Waals surface area contributed by atoms with E-state index in [1.165, 1.54) is 19.3 Å². The zero-order valence-corrected chi connectivity index (χ0v) is 23.5. The number of hydrogen-bond acceptors (Lipinski definition) is 9. The number of ether oxygens (including phenoxy) is 3. The summed E-state index contributed by atoms with van der Waals surface area (Å²) in [6.45, 7) is 11.3. The highest BCUT2D eigenvalue weighted by Crippen LogP contribution is 2.36. The van der Waals surface area contributed by atoms with E-state index in [0.717, 1.165) is 68.2 Å². The summed E-state index contributed by atoms with van der Waals surface area (Å²) in [7, 11) is 5.76. The molecule has 9 nitrogen and oxygen atoms in total. The third-order valence-electron chi connectivity index (χ3n) is 7.38. The Morgan fingerprint density at radius 3 is 2.41 bits per heavy atom. The van der Waals surface area contributed by atoms with E-state index in [1.54, 1.807) is 7.11 Å². The summed E-state index contributed by atoms with van der Waals surface area (Å²) in [6, 6.07) is 5.00. The van der Waals surface area contributed by atoms with Crippen LogP contribution in [0, 0.1) is 0 Å². The third kappa shape index (κ3) is 7.58. The fraction of sp³-hybridized carbons (Fsp3) is 0.714. The standard InChI is InChI=1S/C28H46N6O3/c1-21(2)33-13-9-22(10-14-33)29-27-23-19-25(35-5)26(37-18-17-36-16-15-32(3)4)20-24(23)30-28(31-27)34-11-7-6-8-12-34/h19-22H,6-18H2,1-5H3,(H,29,30,31). The third-order valence-corrected chi connectivity index (χ3v) is 7.38. The van der Waals surface area contributed by atoms with Gasteiger partial charge in [0.15, 0.2) is 11.5 Å². The molecule has 0 aliphatic carbocycles. The van der Waals surface area contributed by atoms with Crippen LogP contribution in [0.2, 0.25) is 0 Å². The lowest BCUT2D eigenvalue weighted by molar-refractivity contribution is 0.0881. The number of likely N-dealkylation sites (tertiary alicyclic amines) is 1. The minimum Gasteiger partial charge on any atom is -0.493 e. The first-order valence-electron chi connectivity index (χ1n) is 13.9. The smallest absolute Gasteiger partial charge is 0.227 e. The predicted molar refractivity (Wildman–Crippen MR) is 150 cm³/mol. The molecule has 0 saturated carbocycles. The van der Waals surface area contributed by atoms with E-state index in [1.807, 2.05) is 26.2 Å². The number of piperidine rings is 2. The van der Waals surface area contributed by atoms with Crippen molar-refractivity contribution in [3.8, 4) is 11.5 Å². The largest absolute Gasteiger partial charge is 0.493 e. The Labute approximate surface area is 222 Å². The number of hydrogen-bond donors (Lipinski definition) is 1. The van der Waals surface area contributed by atoms with Crippen molar-refractivity contribution in [1.29, 1.82) is 0 Å². The highest BCUT2D eigenvalue weighted by atomic mass is 16.5. The molecule has 0 bridgehead atoms. The first-order valence-corrected chi connectivity index (χ1v) is 13.9. The van der Waals surface area contributed by atoms with E-state index in [-0.39, 0.29) is 0 Å². The van der Waals surface area contributed by atoms with Crippen LogP contribution in [0.5, 0.6) is 11.5 Å². The van der Waals surface area contributed by atoms with Gasteiger partial charge in [-0.2, -0.15) is 4.98 Å². The fourth-order valence-corrected chi connectivity index (χ4v) is 5.06. The van der Waals surface area contributed by atoms with Gasteiger partial charge in [0.25, 0.3) is 0 Å². The van der Waals surface area contributed by atoms with Crippen LogP contribution in [-0.2, 0) is 4.74 Å². The number of likely N-dealkylation sites (N-methyl/N-ethyl adjacent to an activating group) is 1. The first-order chi connectivity index (χ1) is 17.9. The summed E-state index contributed by atoms with van der Waals surface area (Å²) in [5.74, 6) is 3.07. The fourth-order valence-electron chi connectivity index (χ4n) is 5.06. The molecule has 0 spiro atoms. The molecule has 37 heavy (non-hydrogen) atoms. The monoisotopic (exact) mass is 514 g/mol. The second-order valence-corrected chi connectivity index (χ2v) is 10.8. The summed E-state index contributed by atoms with van der Waals surface area (Å²) in [4.78, 5) is 17.0. The van der Waals surface area contributed by atoms with Gasteiger partial charge in [-0.25, -0.2) is 4.98 Å². The van der Waals surface area contributed by atoms with Crippen molar-refractivity contribution in [1.82, 2.24) is 19.8 Å². The molecule has 0 radical (unpaired) electrons. The normalized spacial score (nSPS) is 17.6. The number of anilines is 2. The topological polar surface area (TPSA) is 75.2 Å². The lowest BCUT2D eigenvalue weighted by atomic mass is 10.0. The molecule has 2 aliphatic rings. The van der Waals surface area contributed by atoms with Gasteiger partial charge in [0.05, 0.1) is 25.8 Å². The van der Waals surface area contributed by atoms with Gasteiger partial charge in [-0.1, -0.05) is 0 Å². The highest BCUT2D eigenvalue weighted by molar-refractivity contribution is 5.93. The summed E-state index contributed by atoms with van der Waals surface area (Å²) >= 11 is 0. The van der Waals surface area contributed by atoms with Crippen molar-refractivity contribution >= 4 is 22.7 Å². The van der Waals surface area contributed by atoms with E-state index >= 15 is 0 Å². The van der Waals surface area contributed by atoms with Crippen molar-refractivity contribution in [2.75, 3.05) is 84.0 Å². The summed E-state index contributed by atoms with van der Waals surface area (Å²) in [6.07, 6.45) is 5.85. The van der Waals surface area contributed by atoms with Gasteiger partial charge in [-0.3, -0.25) is 0 Å². The van der Waals surface area contributed by atoms with Crippen LogP contribution in [0.3, 0.4) is 0 Å². The summed E-state index contributed by atoms with van der Waals surface area (Å²) in [5, 5.41) is 4.76. The Bertz CT molecular complexity index is 988. The number of aromatic nitrogens is 2. The van der Waals surface area contributed by atoms with Crippen LogP contribution in [0.15, 0.2) is 12.1 Å². The van der Waals surface area contributed by atoms with Crippen LogP contribution in [-0.4, -0.2) is 106 Å². The van der Waals surface area contributed by atoms with E-state index in [4.69, 9.17) is 24.2 Å². The number of nitrogens with zero attached hydrogens (tertiary/aromatic N) is 5. The summed E-state index contributed by atoms with van der Waals surface area (Å²) < 4.78 is 17.5. The van der Waals surface area contributed by atoms with Crippen molar-refractivity contribution in [2.45, 2.75) is 58.0 Å². The molecule has 1 aromatic heterocycles. The molecule has 2 aromatic rings. The van der Waals surface area contributed by atoms with Gasteiger partial charge in [0, 0.05) is 56.3 Å². The summed E-state index contributed by atoms with van der Waals surface area (Å²) in [5.41, 5.74) is 0.877. The van der Waals surface area contributed by atoms with Crippen molar-refractivity contribution in [3.05, 3.63) is 12.1 Å². The van der Waals surface area contributed by atoms with Gasteiger partial charge in [0.1, 0.15) is 12.4 Å². The molecule has 1 aromatic carbocycles. The number of rotatable bonds is 12. The van der Waals surface area contributed by atoms with Gasteiger partial charge in [-0.05, 0) is 66.1 Å². The van der Waals surface area contributed by atoms with E-state index in [9.17, 15) is 0 Å². The molecule has 0 amide bonds. The molecule has 0 unspecified atom stereocenters. The van der Waals surface area contributed by atoms with E-state index in [0.29, 0.717) is 43.4 Å². The molecule has 2 aliphatic heterocycles. The Morgan fingerprint density at radius 1 is 0.973 bits per heavy atom. The van der Waals surface area contributed by atoms with Gasteiger partial charge < -0.3 is 34.2 Å².